The normalized spacial score (nSPS) is 11.8. The van der Waals surface area contributed by atoms with Crippen LogP contribution in [0.4, 0.5) is 0 Å². The van der Waals surface area contributed by atoms with Crippen LogP contribution in [0.5, 0.6) is 5.75 Å². The molecule has 0 aliphatic carbocycles. The number of phenolic OH excluding ortho intramolecular Hbond substituents is 1. The largest absolute Gasteiger partial charge is 0.508 e. The molecule has 3 nitrogen and oxygen atoms in total. The summed E-state index contributed by atoms with van der Waals surface area (Å²) < 4.78 is 0. The third-order valence-electron chi connectivity index (χ3n) is 1.92. The Bertz CT molecular complexity index is 379. The highest BCUT2D eigenvalue weighted by Gasteiger charge is 2.13. The fourth-order valence-corrected chi connectivity index (χ4v) is 2.08. The second-order valence-electron chi connectivity index (χ2n) is 3.29. The number of benzene rings is 1. The molecule has 1 rings (SSSR count). The highest BCUT2D eigenvalue weighted by atomic mass is 32.2. The van der Waals surface area contributed by atoms with Crippen molar-refractivity contribution >= 4 is 17.7 Å². The molecule has 0 aliphatic rings. The topological polar surface area (TPSA) is 49.3 Å². The van der Waals surface area contributed by atoms with E-state index >= 15 is 0 Å². The van der Waals surface area contributed by atoms with Crippen molar-refractivity contribution in [3.8, 4) is 5.75 Å². The van der Waals surface area contributed by atoms with Crippen LogP contribution in [0, 0.1) is 0 Å². The van der Waals surface area contributed by atoms with Gasteiger partial charge in [-0.25, -0.2) is 0 Å². The van der Waals surface area contributed by atoms with Crippen LogP contribution in [0.2, 0.25) is 0 Å². The Labute approximate surface area is 99.6 Å². The summed E-state index contributed by atoms with van der Waals surface area (Å²) in [5, 5.41) is 11.8. The molecule has 0 bridgehead atoms. The second-order valence-corrected chi connectivity index (χ2v) is 4.71. The summed E-state index contributed by atoms with van der Waals surface area (Å²) >= 11 is 1.41. The molecule has 4 heteroatoms. The van der Waals surface area contributed by atoms with Gasteiger partial charge in [0.1, 0.15) is 5.75 Å². The van der Waals surface area contributed by atoms with E-state index in [1.54, 1.807) is 24.3 Å². The summed E-state index contributed by atoms with van der Waals surface area (Å²) in [6, 6.07) is 6.86. The first-order valence-electron chi connectivity index (χ1n) is 4.97. The molecule has 1 aromatic rings. The zero-order valence-electron chi connectivity index (χ0n) is 9.14. The Kier molecular flexibility index (Phi) is 4.92. The molecule has 0 aromatic heterocycles. The lowest BCUT2D eigenvalue weighted by atomic mass is 10.3. The van der Waals surface area contributed by atoms with Gasteiger partial charge in [-0.2, -0.15) is 0 Å². The van der Waals surface area contributed by atoms with E-state index in [9.17, 15) is 9.90 Å². The summed E-state index contributed by atoms with van der Waals surface area (Å²) in [6.45, 7) is 5.84. The molecular weight excluding hydrogens is 222 g/mol. The van der Waals surface area contributed by atoms with E-state index in [2.05, 4.69) is 11.9 Å². The molecule has 0 spiro atoms. The molecule has 0 fully saturated rings. The minimum Gasteiger partial charge on any atom is -0.508 e. The Hall–Kier alpha value is -1.42. The highest BCUT2D eigenvalue weighted by Crippen LogP contribution is 2.25. The summed E-state index contributed by atoms with van der Waals surface area (Å²) in [6.07, 6.45) is 1.64. The van der Waals surface area contributed by atoms with Crippen LogP contribution in [0.3, 0.4) is 0 Å². The molecule has 1 atom stereocenters. The van der Waals surface area contributed by atoms with Crippen molar-refractivity contribution in [2.24, 2.45) is 0 Å². The van der Waals surface area contributed by atoms with Crippen molar-refractivity contribution in [1.82, 2.24) is 5.32 Å². The van der Waals surface area contributed by atoms with Crippen molar-refractivity contribution < 1.29 is 9.90 Å². The van der Waals surface area contributed by atoms with Gasteiger partial charge in [0, 0.05) is 11.4 Å². The minimum atomic E-state index is -0.193. The van der Waals surface area contributed by atoms with Gasteiger partial charge in [-0.05, 0) is 25.1 Å². The SMILES string of the molecule is C=CCNC(=O)C(C)Sc1cccc(O)c1. The van der Waals surface area contributed by atoms with Crippen LogP contribution in [0.1, 0.15) is 6.92 Å². The van der Waals surface area contributed by atoms with Crippen LogP contribution in [-0.4, -0.2) is 22.8 Å². The van der Waals surface area contributed by atoms with Gasteiger partial charge < -0.3 is 10.4 Å². The summed E-state index contributed by atoms with van der Waals surface area (Å²) in [5.41, 5.74) is 0. The first-order valence-corrected chi connectivity index (χ1v) is 5.85. The summed E-state index contributed by atoms with van der Waals surface area (Å²) in [7, 11) is 0. The van der Waals surface area contributed by atoms with Gasteiger partial charge in [0.25, 0.3) is 0 Å². The predicted molar refractivity (Wildman–Crippen MR) is 66.6 cm³/mol. The number of phenols is 1. The number of amides is 1. The second kappa shape index (κ2) is 6.23. The molecular formula is C12H15NO2S. The maximum Gasteiger partial charge on any atom is 0.233 e. The molecule has 0 heterocycles. The number of carbonyl (C=O) groups excluding carboxylic acids is 1. The summed E-state index contributed by atoms with van der Waals surface area (Å²) in [4.78, 5) is 12.4. The average Bonchev–Trinajstić information content (AvgIpc) is 2.25. The first kappa shape index (κ1) is 12.6. The number of nitrogens with one attached hydrogen (secondary N) is 1. The Morgan fingerprint density at radius 2 is 2.44 bits per heavy atom. The fraction of sp³-hybridized carbons (Fsp3) is 0.250. The van der Waals surface area contributed by atoms with Gasteiger partial charge in [-0.3, -0.25) is 4.79 Å². The van der Waals surface area contributed by atoms with Crippen molar-refractivity contribution in [1.29, 1.82) is 0 Å². The third-order valence-corrected chi connectivity index (χ3v) is 3.01. The number of hydrogen-bond donors (Lipinski definition) is 2. The van der Waals surface area contributed by atoms with E-state index < -0.39 is 0 Å². The molecule has 1 amide bonds. The molecule has 0 aliphatic heterocycles. The Morgan fingerprint density at radius 3 is 3.06 bits per heavy atom. The molecule has 16 heavy (non-hydrogen) atoms. The van der Waals surface area contributed by atoms with Crippen molar-refractivity contribution in [3.63, 3.8) is 0 Å². The number of carbonyl (C=O) groups is 1. The van der Waals surface area contributed by atoms with E-state index in [-0.39, 0.29) is 16.9 Å². The Balaban J connectivity index is 2.53. The lowest BCUT2D eigenvalue weighted by Gasteiger charge is -2.10. The predicted octanol–water partition coefficient (Wildman–Crippen LogP) is 2.17. The molecule has 2 N–H and O–H groups in total. The smallest absolute Gasteiger partial charge is 0.233 e. The van der Waals surface area contributed by atoms with Crippen LogP contribution in [0.25, 0.3) is 0 Å². The van der Waals surface area contributed by atoms with Crippen LogP contribution >= 0.6 is 11.8 Å². The quantitative estimate of drug-likeness (QED) is 0.609. The molecule has 0 radical (unpaired) electrons. The van der Waals surface area contributed by atoms with E-state index in [1.807, 2.05) is 13.0 Å². The van der Waals surface area contributed by atoms with Crippen LogP contribution < -0.4 is 5.32 Å². The number of hydrogen-bond acceptors (Lipinski definition) is 3. The third kappa shape index (κ3) is 3.98. The van der Waals surface area contributed by atoms with Gasteiger partial charge in [0.2, 0.25) is 5.91 Å². The monoisotopic (exact) mass is 237 g/mol. The fourth-order valence-electron chi connectivity index (χ4n) is 1.13. The van der Waals surface area contributed by atoms with Gasteiger partial charge in [-0.1, -0.05) is 12.1 Å². The van der Waals surface area contributed by atoms with Crippen molar-refractivity contribution in [2.45, 2.75) is 17.1 Å². The van der Waals surface area contributed by atoms with Crippen LogP contribution in [-0.2, 0) is 4.79 Å². The number of rotatable bonds is 5. The lowest BCUT2D eigenvalue weighted by molar-refractivity contribution is -0.120. The number of thioether (sulfide) groups is 1. The zero-order valence-corrected chi connectivity index (χ0v) is 9.96. The first-order chi connectivity index (χ1) is 7.63. The minimum absolute atomic E-state index is 0.0340. The van der Waals surface area contributed by atoms with E-state index in [4.69, 9.17) is 0 Å². The van der Waals surface area contributed by atoms with Gasteiger partial charge >= 0.3 is 0 Å². The molecule has 1 unspecified atom stereocenters. The van der Waals surface area contributed by atoms with Crippen molar-refractivity contribution in [2.75, 3.05) is 6.54 Å². The average molecular weight is 237 g/mol. The van der Waals surface area contributed by atoms with E-state index in [0.717, 1.165) is 4.90 Å². The number of aromatic hydroxyl groups is 1. The zero-order chi connectivity index (χ0) is 12.0. The van der Waals surface area contributed by atoms with Gasteiger partial charge in [0.05, 0.1) is 5.25 Å². The molecule has 86 valence electrons. The van der Waals surface area contributed by atoms with E-state index in [1.165, 1.54) is 11.8 Å². The summed E-state index contributed by atoms with van der Waals surface area (Å²) in [5.74, 6) is 0.178. The van der Waals surface area contributed by atoms with Gasteiger partial charge in [-0.15, -0.1) is 18.3 Å². The maximum absolute atomic E-state index is 11.5. The van der Waals surface area contributed by atoms with Crippen molar-refractivity contribution in [3.05, 3.63) is 36.9 Å². The highest BCUT2D eigenvalue weighted by molar-refractivity contribution is 8.00. The van der Waals surface area contributed by atoms with Gasteiger partial charge in [0.15, 0.2) is 0 Å². The van der Waals surface area contributed by atoms with E-state index in [0.29, 0.717) is 6.54 Å². The Morgan fingerprint density at radius 1 is 1.69 bits per heavy atom. The molecule has 0 saturated heterocycles. The lowest BCUT2D eigenvalue weighted by Crippen LogP contribution is -2.30. The molecule has 0 saturated carbocycles. The maximum atomic E-state index is 11.5. The molecule has 1 aromatic carbocycles. The standard InChI is InChI=1S/C12H15NO2S/c1-3-7-13-12(15)9(2)16-11-6-4-5-10(14)8-11/h3-6,8-9,14H,1,7H2,2H3,(H,13,15). The van der Waals surface area contributed by atoms with Crippen LogP contribution in [0.15, 0.2) is 41.8 Å².